The second-order valence-corrected chi connectivity index (χ2v) is 13.6. The van der Waals surface area contributed by atoms with Gasteiger partial charge in [-0.3, -0.25) is 4.79 Å². The summed E-state index contributed by atoms with van der Waals surface area (Å²) in [7, 11) is -5.04. The molecule has 0 spiro atoms. The number of aromatic nitrogens is 4. The molecule has 0 aliphatic heterocycles. The maximum absolute atomic E-state index is 12.6. The second-order valence-electron chi connectivity index (χ2n) is 8.14. The fourth-order valence-corrected chi connectivity index (χ4v) is 6.72. The van der Waals surface area contributed by atoms with Crippen LogP contribution in [0.4, 0.5) is 22.6 Å². The van der Waals surface area contributed by atoms with Crippen molar-refractivity contribution >= 4 is 76.5 Å². The number of nitrogens with zero attached hydrogens (tertiary/aromatic N) is 5. The van der Waals surface area contributed by atoms with Gasteiger partial charge in [0.15, 0.2) is 0 Å². The molecule has 12 nitrogen and oxygen atoms in total. The van der Waals surface area contributed by atoms with Gasteiger partial charge in [-0.2, -0.15) is 13.4 Å². The molecule has 0 unspecified atom stereocenters. The lowest BCUT2D eigenvalue weighted by molar-refractivity contribution is -0.114. The molecule has 3 aromatic rings. The number of sulfonamides is 1. The number of halogens is 1. The van der Waals surface area contributed by atoms with E-state index in [2.05, 4.69) is 55.8 Å². The number of benzene rings is 1. The van der Waals surface area contributed by atoms with E-state index in [0.29, 0.717) is 26.8 Å². The van der Waals surface area contributed by atoms with Gasteiger partial charge in [0.25, 0.3) is 4.34 Å². The Labute approximate surface area is 223 Å². The van der Waals surface area contributed by atoms with Crippen molar-refractivity contribution in [1.29, 1.82) is 0 Å². The molecule has 36 heavy (non-hydrogen) atoms. The van der Waals surface area contributed by atoms with Crippen molar-refractivity contribution < 1.29 is 18.3 Å². The largest absolute Gasteiger partial charge is 0.388 e. The van der Waals surface area contributed by atoms with Crippen LogP contribution in [0, 0.1) is 0 Å². The average molecular weight is 618 g/mol. The van der Waals surface area contributed by atoms with Gasteiger partial charge < -0.3 is 21.1 Å². The monoisotopic (exact) mass is 616 g/mol. The first-order chi connectivity index (χ1) is 16.7. The zero-order valence-electron chi connectivity index (χ0n) is 20.0. The van der Waals surface area contributed by atoms with Crippen LogP contribution in [0.2, 0.25) is 0 Å². The van der Waals surface area contributed by atoms with Crippen LogP contribution in [-0.4, -0.2) is 57.5 Å². The van der Waals surface area contributed by atoms with Crippen LogP contribution in [0.3, 0.4) is 0 Å². The number of carbonyl (C=O) groups is 1. The van der Waals surface area contributed by atoms with Crippen molar-refractivity contribution in [2.24, 2.45) is 3.77 Å². The highest BCUT2D eigenvalue weighted by Gasteiger charge is 2.23. The lowest BCUT2D eigenvalue weighted by atomic mass is 10.0. The molecule has 3 rings (SSSR count). The molecule has 194 valence electrons. The van der Waals surface area contributed by atoms with Crippen molar-refractivity contribution in [2.45, 2.75) is 48.6 Å². The van der Waals surface area contributed by atoms with Crippen LogP contribution in [0.25, 0.3) is 0 Å². The van der Waals surface area contributed by atoms with Crippen LogP contribution in [0.15, 0.2) is 47.9 Å². The van der Waals surface area contributed by atoms with E-state index in [1.807, 2.05) is 6.92 Å². The molecule has 2 atom stereocenters. The Morgan fingerprint density at radius 2 is 1.92 bits per heavy atom. The van der Waals surface area contributed by atoms with Crippen molar-refractivity contribution in [3.63, 3.8) is 0 Å². The minimum atomic E-state index is -4.04. The van der Waals surface area contributed by atoms with Gasteiger partial charge in [0, 0.05) is 23.7 Å². The number of hydrogen-bond acceptors (Lipinski definition) is 11. The molecule has 4 N–H and O–H groups in total. The molecular weight excluding hydrogens is 592 g/mol. The zero-order valence-corrected chi connectivity index (χ0v) is 24.0. The van der Waals surface area contributed by atoms with Crippen LogP contribution in [0.1, 0.15) is 27.7 Å². The first-order valence-corrected chi connectivity index (χ1v) is 15.0. The van der Waals surface area contributed by atoms with Gasteiger partial charge in [-0.05, 0) is 67.2 Å². The molecule has 0 radical (unpaired) electrons. The average Bonchev–Trinajstić information content (AvgIpc) is 3.24. The maximum Gasteiger partial charge on any atom is 0.317 e. The Morgan fingerprint density at radius 3 is 2.53 bits per heavy atom. The highest BCUT2D eigenvalue weighted by molar-refractivity contribution is 9.10. The van der Waals surface area contributed by atoms with Gasteiger partial charge in [-0.1, -0.05) is 22.0 Å². The molecule has 0 saturated heterocycles. The smallest absolute Gasteiger partial charge is 0.317 e. The fourth-order valence-electron chi connectivity index (χ4n) is 2.51. The summed E-state index contributed by atoms with van der Waals surface area (Å²) in [5, 5.41) is 26.2. The SMILES string of the molecule is CC(=O)Nc1nnc(S(=O)(=O)N=[S@@](C)c2ccc(Nc3ncc(Br)c(N[C@H](C)C(C)(C)O)n3)cc2)s1. The predicted octanol–water partition coefficient (Wildman–Crippen LogP) is 3.54. The summed E-state index contributed by atoms with van der Waals surface area (Å²) in [5.74, 6) is 0.488. The number of hydrogen-bond donors (Lipinski definition) is 4. The van der Waals surface area contributed by atoms with Gasteiger partial charge in [-0.15, -0.1) is 14.0 Å². The first-order valence-electron chi connectivity index (χ1n) is 10.4. The number of nitrogens with one attached hydrogen (secondary N) is 3. The van der Waals surface area contributed by atoms with Crippen LogP contribution < -0.4 is 16.0 Å². The van der Waals surface area contributed by atoms with E-state index in [1.54, 1.807) is 50.6 Å². The Bertz CT molecular complexity index is 1390. The van der Waals surface area contributed by atoms with Gasteiger partial charge in [0.05, 0.1) is 16.1 Å². The Balaban J connectivity index is 1.74. The Morgan fingerprint density at radius 1 is 1.25 bits per heavy atom. The number of amides is 1. The summed E-state index contributed by atoms with van der Waals surface area (Å²) in [6.45, 7) is 6.55. The summed E-state index contributed by atoms with van der Waals surface area (Å²) in [6, 6.07) is 6.76. The maximum atomic E-state index is 12.6. The summed E-state index contributed by atoms with van der Waals surface area (Å²) in [6.07, 6.45) is 3.27. The summed E-state index contributed by atoms with van der Waals surface area (Å²) < 4.78 is 29.5. The second kappa shape index (κ2) is 11.2. The minimum absolute atomic E-state index is 0.0886. The standard InChI is InChI=1S/C20H25BrN8O4S3/c1-11(20(3,4)31)23-16-15(21)10-22-17(26-16)25-13-6-8-14(9-7-13)35(5)29-36(32,33)19-28-27-18(34-19)24-12(2)30/h6-11,31H,1-5H3,(H,24,27,30)(H2,22,23,25,26)/t11-,35+/m1/s1. The molecule has 0 aliphatic carbocycles. The highest BCUT2D eigenvalue weighted by atomic mass is 79.9. The van der Waals surface area contributed by atoms with Gasteiger partial charge in [0.1, 0.15) is 5.82 Å². The van der Waals surface area contributed by atoms with Crippen molar-refractivity contribution in [2.75, 3.05) is 22.2 Å². The Kier molecular flexibility index (Phi) is 8.76. The van der Waals surface area contributed by atoms with Crippen LogP contribution >= 0.6 is 27.3 Å². The third kappa shape index (κ3) is 7.49. The summed E-state index contributed by atoms with van der Waals surface area (Å²) >= 11 is 4.15. The quantitative estimate of drug-likeness (QED) is 0.260. The molecule has 1 amide bonds. The lowest BCUT2D eigenvalue weighted by Gasteiger charge is -2.27. The van der Waals surface area contributed by atoms with Crippen LogP contribution in [-0.2, 0) is 25.5 Å². The third-order valence-corrected chi connectivity index (χ3v) is 9.98. The van der Waals surface area contributed by atoms with Crippen LogP contribution in [0.5, 0.6) is 0 Å². The normalized spacial score (nSPS) is 13.8. The topological polar surface area (TPSA) is 171 Å². The van der Waals surface area contributed by atoms with E-state index >= 15 is 0 Å². The van der Waals surface area contributed by atoms with E-state index in [4.69, 9.17) is 0 Å². The molecule has 2 aromatic heterocycles. The molecule has 0 saturated carbocycles. The van der Waals surface area contributed by atoms with Gasteiger partial charge in [-0.25, -0.2) is 4.98 Å². The molecular formula is C20H25BrN8O4S3. The molecule has 2 heterocycles. The summed E-state index contributed by atoms with van der Waals surface area (Å²) in [5.41, 5.74) is -0.264. The summed E-state index contributed by atoms with van der Waals surface area (Å²) in [4.78, 5) is 20.5. The van der Waals surface area contributed by atoms with Gasteiger partial charge in [0.2, 0.25) is 17.0 Å². The lowest BCUT2D eigenvalue weighted by Crippen LogP contribution is -2.39. The number of aliphatic hydroxyl groups is 1. The van der Waals surface area contributed by atoms with Crippen molar-refractivity contribution in [3.8, 4) is 0 Å². The highest BCUT2D eigenvalue weighted by Crippen LogP contribution is 2.26. The molecule has 0 fully saturated rings. The predicted molar refractivity (Wildman–Crippen MR) is 144 cm³/mol. The molecule has 1 aromatic carbocycles. The van der Waals surface area contributed by atoms with Crippen molar-refractivity contribution in [1.82, 2.24) is 20.2 Å². The molecule has 0 bridgehead atoms. The Hall–Kier alpha value is -2.53. The van der Waals surface area contributed by atoms with E-state index in [0.717, 1.165) is 11.3 Å². The third-order valence-electron chi connectivity index (χ3n) is 4.73. The zero-order chi connectivity index (χ0) is 26.7. The number of carbonyl (C=O) groups excluding carboxylic acids is 1. The van der Waals surface area contributed by atoms with Gasteiger partial charge >= 0.3 is 10.0 Å². The first kappa shape index (κ1) is 28.0. The minimum Gasteiger partial charge on any atom is -0.388 e. The molecule has 16 heteroatoms. The van der Waals surface area contributed by atoms with E-state index < -0.39 is 26.3 Å². The fraction of sp³-hybridized carbons (Fsp3) is 0.350. The van der Waals surface area contributed by atoms with E-state index in [-0.39, 0.29) is 21.4 Å². The van der Waals surface area contributed by atoms with E-state index in [1.165, 1.54) is 6.92 Å². The molecule has 0 aliphatic rings. The number of anilines is 4. The van der Waals surface area contributed by atoms with Crippen molar-refractivity contribution in [3.05, 3.63) is 34.9 Å². The van der Waals surface area contributed by atoms with E-state index in [9.17, 15) is 18.3 Å². The number of rotatable bonds is 9.